The molecule has 1 aliphatic rings. The first kappa shape index (κ1) is 17.2. The molecule has 0 radical (unpaired) electrons. The number of halogens is 1. The van der Waals surface area contributed by atoms with E-state index < -0.39 is 0 Å². The van der Waals surface area contributed by atoms with Crippen LogP contribution in [0, 0.1) is 17.2 Å². The summed E-state index contributed by atoms with van der Waals surface area (Å²) in [5, 5.41) is 9.56. The lowest BCUT2D eigenvalue weighted by Crippen LogP contribution is -2.40. The van der Waals surface area contributed by atoms with Gasteiger partial charge in [-0.3, -0.25) is 9.59 Å². The first-order chi connectivity index (χ1) is 12.1. The molecule has 0 spiro atoms. The van der Waals surface area contributed by atoms with Crippen LogP contribution in [0.3, 0.4) is 0 Å². The summed E-state index contributed by atoms with van der Waals surface area (Å²) >= 11 is 5.86. The van der Waals surface area contributed by atoms with Crippen molar-refractivity contribution < 1.29 is 9.59 Å². The third-order valence-corrected chi connectivity index (χ3v) is 4.77. The van der Waals surface area contributed by atoms with Gasteiger partial charge in [0.15, 0.2) is 5.78 Å². The fourth-order valence-electron chi connectivity index (χ4n) is 3.10. The van der Waals surface area contributed by atoms with Crippen LogP contribution in [-0.2, 0) is 0 Å². The number of hydrogen-bond acceptors (Lipinski definition) is 3. The smallest absolute Gasteiger partial charge is 0.253 e. The number of likely N-dealkylation sites (tertiary alicyclic amines) is 1. The lowest BCUT2D eigenvalue weighted by Gasteiger charge is -2.31. The van der Waals surface area contributed by atoms with Crippen LogP contribution in [-0.4, -0.2) is 29.7 Å². The van der Waals surface area contributed by atoms with Gasteiger partial charge < -0.3 is 4.90 Å². The molecule has 0 aliphatic carbocycles. The average molecular weight is 353 g/mol. The first-order valence-corrected chi connectivity index (χ1v) is 8.55. The summed E-state index contributed by atoms with van der Waals surface area (Å²) in [5.41, 5.74) is 1.65. The Kier molecular flexibility index (Phi) is 5.16. The van der Waals surface area contributed by atoms with Gasteiger partial charge in [-0.1, -0.05) is 17.7 Å². The number of hydrogen-bond donors (Lipinski definition) is 0. The van der Waals surface area contributed by atoms with Crippen molar-refractivity contribution in [3.8, 4) is 6.07 Å². The van der Waals surface area contributed by atoms with Crippen molar-refractivity contribution in [3.05, 3.63) is 70.2 Å². The molecule has 5 heteroatoms. The average Bonchev–Trinajstić information content (AvgIpc) is 2.67. The van der Waals surface area contributed by atoms with Gasteiger partial charge in [0.25, 0.3) is 5.91 Å². The minimum absolute atomic E-state index is 0.0735. The maximum absolute atomic E-state index is 12.6. The topological polar surface area (TPSA) is 61.2 Å². The molecule has 0 aromatic heterocycles. The quantitative estimate of drug-likeness (QED) is 0.786. The number of carbonyl (C=O) groups excluding carboxylic acids is 2. The summed E-state index contributed by atoms with van der Waals surface area (Å²) < 4.78 is 0. The maximum atomic E-state index is 12.6. The summed E-state index contributed by atoms with van der Waals surface area (Å²) in [7, 11) is 0. The van der Waals surface area contributed by atoms with Crippen molar-refractivity contribution in [1.82, 2.24) is 4.90 Å². The van der Waals surface area contributed by atoms with Crippen molar-refractivity contribution in [2.24, 2.45) is 5.92 Å². The Morgan fingerprint density at radius 1 is 1.04 bits per heavy atom. The molecule has 1 heterocycles. The molecule has 1 saturated heterocycles. The molecule has 1 fully saturated rings. The van der Waals surface area contributed by atoms with Gasteiger partial charge in [0.1, 0.15) is 0 Å². The van der Waals surface area contributed by atoms with Crippen LogP contribution in [0.15, 0.2) is 48.5 Å². The van der Waals surface area contributed by atoms with E-state index in [4.69, 9.17) is 16.9 Å². The summed E-state index contributed by atoms with van der Waals surface area (Å²) in [6.45, 7) is 1.08. The van der Waals surface area contributed by atoms with Gasteiger partial charge in [-0.05, 0) is 55.3 Å². The normalized spacial score (nSPS) is 14.8. The molecule has 0 atom stereocenters. The highest BCUT2D eigenvalue weighted by atomic mass is 35.5. The molecule has 3 rings (SSSR count). The molecule has 0 saturated carbocycles. The zero-order chi connectivity index (χ0) is 17.8. The number of Topliss-reactive ketones (excluding diaryl/α,β-unsaturated/α-hetero) is 1. The predicted molar refractivity (Wildman–Crippen MR) is 95.6 cm³/mol. The molecule has 2 aromatic carbocycles. The maximum Gasteiger partial charge on any atom is 0.253 e. The second kappa shape index (κ2) is 7.50. The minimum Gasteiger partial charge on any atom is -0.339 e. The van der Waals surface area contributed by atoms with E-state index in [1.54, 1.807) is 53.4 Å². The molecule has 1 amide bonds. The predicted octanol–water partition coefficient (Wildman–Crippen LogP) is 3.95. The van der Waals surface area contributed by atoms with Crippen LogP contribution in [0.4, 0.5) is 0 Å². The lowest BCUT2D eigenvalue weighted by atomic mass is 9.88. The summed E-state index contributed by atoms with van der Waals surface area (Å²) in [4.78, 5) is 26.9. The SMILES string of the molecule is N#Cc1cccc(C(=O)N2CCC(C(=O)c3ccc(Cl)cc3)CC2)c1. The van der Waals surface area contributed by atoms with Crippen molar-refractivity contribution in [3.63, 3.8) is 0 Å². The van der Waals surface area contributed by atoms with E-state index in [9.17, 15) is 9.59 Å². The van der Waals surface area contributed by atoms with Crippen molar-refractivity contribution in [2.75, 3.05) is 13.1 Å². The Labute approximate surface area is 151 Å². The number of amides is 1. The zero-order valence-electron chi connectivity index (χ0n) is 13.6. The number of carbonyl (C=O) groups is 2. The minimum atomic E-state index is -0.0884. The molecular formula is C20H17ClN2O2. The van der Waals surface area contributed by atoms with E-state index in [2.05, 4.69) is 0 Å². The van der Waals surface area contributed by atoms with Gasteiger partial charge in [-0.2, -0.15) is 5.26 Å². The van der Waals surface area contributed by atoms with Crippen LogP contribution in [0.1, 0.15) is 39.1 Å². The first-order valence-electron chi connectivity index (χ1n) is 8.17. The Balaban J connectivity index is 1.63. The van der Waals surface area contributed by atoms with Gasteiger partial charge in [-0.25, -0.2) is 0 Å². The van der Waals surface area contributed by atoms with Gasteiger partial charge in [0, 0.05) is 35.2 Å². The van der Waals surface area contributed by atoms with Crippen LogP contribution >= 0.6 is 11.6 Å². The largest absolute Gasteiger partial charge is 0.339 e. The molecule has 0 bridgehead atoms. The van der Waals surface area contributed by atoms with Gasteiger partial charge in [0.05, 0.1) is 11.6 Å². The molecule has 2 aromatic rings. The van der Waals surface area contributed by atoms with Crippen LogP contribution in [0.2, 0.25) is 5.02 Å². The van der Waals surface area contributed by atoms with Gasteiger partial charge >= 0.3 is 0 Å². The Hall–Kier alpha value is -2.64. The Morgan fingerprint density at radius 2 is 1.72 bits per heavy atom. The zero-order valence-corrected chi connectivity index (χ0v) is 14.4. The number of ketones is 1. The number of rotatable bonds is 3. The number of nitrogens with zero attached hydrogens (tertiary/aromatic N) is 2. The van der Waals surface area contributed by atoms with Crippen LogP contribution in [0.5, 0.6) is 0 Å². The molecule has 25 heavy (non-hydrogen) atoms. The summed E-state index contributed by atoms with van der Waals surface area (Å²) in [5.74, 6) is -0.0552. The molecule has 0 unspecified atom stereocenters. The van der Waals surface area contributed by atoms with Crippen LogP contribution in [0.25, 0.3) is 0 Å². The molecule has 0 N–H and O–H groups in total. The summed E-state index contributed by atoms with van der Waals surface area (Å²) in [6, 6.07) is 15.7. The number of nitriles is 1. The fourth-order valence-corrected chi connectivity index (χ4v) is 3.22. The number of benzene rings is 2. The van der Waals surface area contributed by atoms with E-state index in [1.165, 1.54) is 0 Å². The third-order valence-electron chi connectivity index (χ3n) is 4.52. The van der Waals surface area contributed by atoms with E-state index in [0.717, 1.165) is 0 Å². The standard InChI is InChI=1S/C20H17ClN2O2/c21-18-6-4-15(5-7-18)19(24)16-8-10-23(11-9-16)20(25)17-3-1-2-14(12-17)13-22/h1-7,12,16H,8-11H2. The second-order valence-electron chi connectivity index (χ2n) is 6.13. The summed E-state index contributed by atoms with van der Waals surface area (Å²) in [6.07, 6.45) is 1.29. The highest BCUT2D eigenvalue weighted by Crippen LogP contribution is 2.24. The fraction of sp³-hybridized carbons (Fsp3) is 0.250. The lowest BCUT2D eigenvalue weighted by molar-refractivity contribution is 0.0650. The van der Waals surface area contributed by atoms with E-state index >= 15 is 0 Å². The molecular weight excluding hydrogens is 336 g/mol. The monoisotopic (exact) mass is 352 g/mol. The highest BCUT2D eigenvalue weighted by Gasteiger charge is 2.28. The van der Waals surface area contributed by atoms with Crippen molar-refractivity contribution in [2.45, 2.75) is 12.8 Å². The van der Waals surface area contributed by atoms with E-state index in [0.29, 0.717) is 47.6 Å². The van der Waals surface area contributed by atoms with Crippen LogP contribution < -0.4 is 0 Å². The Bertz CT molecular complexity index is 832. The third kappa shape index (κ3) is 3.89. The number of piperidine rings is 1. The van der Waals surface area contributed by atoms with Gasteiger partial charge in [-0.15, -0.1) is 0 Å². The van der Waals surface area contributed by atoms with Gasteiger partial charge in [0.2, 0.25) is 0 Å². The second-order valence-corrected chi connectivity index (χ2v) is 6.57. The molecule has 4 nitrogen and oxygen atoms in total. The van der Waals surface area contributed by atoms with E-state index in [-0.39, 0.29) is 17.6 Å². The van der Waals surface area contributed by atoms with Crippen molar-refractivity contribution in [1.29, 1.82) is 5.26 Å². The molecule has 1 aliphatic heterocycles. The Morgan fingerprint density at radius 3 is 2.36 bits per heavy atom. The van der Waals surface area contributed by atoms with Crippen molar-refractivity contribution >= 4 is 23.3 Å². The molecule has 126 valence electrons. The van der Waals surface area contributed by atoms with E-state index in [1.807, 2.05) is 6.07 Å². The highest BCUT2D eigenvalue weighted by molar-refractivity contribution is 6.30.